The molecule has 11 unspecified atom stereocenters. The van der Waals surface area contributed by atoms with Crippen LogP contribution < -0.4 is 70.2 Å². The number of urea groups is 2. The molecule has 7 rings (SSSR count). The number of pyridine rings is 2. The predicted molar refractivity (Wildman–Crippen MR) is 497 cm³/mol. The van der Waals surface area contributed by atoms with Crippen LogP contribution in [0.2, 0.25) is 0 Å². The number of hydrogen-bond donors (Lipinski definition) is 23. The Balaban J connectivity index is 0.000000434. The summed E-state index contributed by atoms with van der Waals surface area (Å²) in [5, 5.41) is 122. The van der Waals surface area contributed by atoms with Crippen molar-refractivity contribution in [1.29, 1.82) is 0 Å². The minimum atomic E-state index is -1.73. The number of nitrogens with zero attached hydrogens (tertiary/aromatic N) is 2. The Morgan fingerprint density at radius 3 is 1.36 bits per heavy atom. The van der Waals surface area contributed by atoms with Crippen molar-refractivity contribution in [1.82, 2.24) is 63.1 Å². The van der Waals surface area contributed by atoms with Gasteiger partial charge in [-0.3, -0.25) is 72.1 Å². The largest absolute Gasteiger partial charge is 0.481 e. The standard InChI is InChI=1S/C49H63N9O16.C45H56N6O16/c50-58-39-17-14-32(26-52-39)45(68)54-34(15-18-40(60)61)38(59)23-33(24-42(64)65)43(66)53-25-27-8-12-30(13-9-27)44(67)55-37(22-28-10-11-29-5-1-2-6-31(29)21-28)46(69)51-20-4-3-7-35(47(70)71)56-49(74)57-36(48(72)73)16-19-41(62)63;46-23-33-14-11-31(24-48-33)36(53)21-30(12-16-38(54)55)41(59)49-32(22-37(44(64)65)67-25-52)13-10-29(20-26-8-9-27-5-1-2-6-28(27)19-26)40(58)47-18-4-3-7-34(42(60)61)50-45(66)51-35(43(62)63)15-17-39(56)57/h1-2,5-6,10-11,14,17,21,26-27,30,33-37H,3-4,7-9,12-13,15-16,18-20,22-25,50H2,(H,51,69)(H,52,58)(H,53,66)(H,54,68)(H,55,67)(H,60,61)(H,62,63)(H,64,65)(H,70,71)(H,72,73)(H2,56,57,74);1-2,5-6,8-9,11,14,19,24-25,29-30,32,34-35,37H,3-4,7,10,12-13,15-18,20-23,46H2,(H,47,58)(H,49,59)(H,54,55)(H,56,57)(H,60,61)(H,62,63)(H,64,65)(H2,50,51,66). The van der Waals surface area contributed by atoms with Gasteiger partial charge < -0.3 is 120 Å². The van der Waals surface area contributed by atoms with Crippen LogP contribution in [0.3, 0.4) is 0 Å². The Morgan fingerprint density at radius 2 is 0.894 bits per heavy atom. The number of hydrazine groups is 1. The molecule has 762 valence electrons. The first-order valence-electron chi connectivity index (χ1n) is 45.4. The number of nitrogen functional groups attached to an aromatic ring is 1. The van der Waals surface area contributed by atoms with Crippen molar-refractivity contribution in [3.05, 3.63) is 150 Å². The molecule has 2 heterocycles. The molecule has 10 amide bonds. The van der Waals surface area contributed by atoms with E-state index >= 15 is 0 Å². The molecular weight excluding hydrogens is 1850 g/mol. The fourth-order valence-corrected chi connectivity index (χ4v) is 15.5. The third-order valence-corrected chi connectivity index (χ3v) is 23.3. The lowest BCUT2D eigenvalue weighted by Gasteiger charge is -2.29. The molecule has 4 aromatic carbocycles. The topological polar surface area (TPSA) is 780 Å². The van der Waals surface area contributed by atoms with Crippen LogP contribution in [0.25, 0.3) is 21.5 Å². The quantitative estimate of drug-likeness (QED) is 0.00849. The minimum absolute atomic E-state index is 0.0266. The van der Waals surface area contributed by atoms with Crippen molar-refractivity contribution in [2.45, 2.75) is 222 Å². The molecule has 6 aromatic rings. The number of carboxylic acids is 10. The van der Waals surface area contributed by atoms with Crippen molar-refractivity contribution >= 4 is 153 Å². The zero-order valence-electron chi connectivity index (χ0n) is 76.8. The van der Waals surface area contributed by atoms with Crippen LogP contribution in [0.15, 0.2) is 122 Å². The first kappa shape index (κ1) is 114. The molecule has 0 spiro atoms. The van der Waals surface area contributed by atoms with Gasteiger partial charge in [-0.25, -0.2) is 44.4 Å². The van der Waals surface area contributed by atoms with Crippen molar-refractivity contribution in [3.63, 3.8) is 0 Å². The Hall–Kier alpha value is -15.7. The van der Waals surface area contributed by atoms with Crippen LogP contribution in [0.1, 0.15) is 192 Å². The van der Waals surface area contributed by atoms with Crippen LogP contribution in [0, 0.1) is 29.6 Å². The van der Waals surface area contributed by atoms with Gasteiger partial charge in [0.05, 0.1) is 29.6 Å². The van der Waals surface area contributed by atoms with Crippen molar-refractivity contribution < 1.29 is 156 Å². The molecule has 25 N–H and O–H groups in total. The van der Waals surface area contributed by atoms with Gasteiger partial charge in [-0.2, -0.15) is 0 Å². The summed E-state index contributed by atoms with van der Waals surface area (Å²) < 4.78 is 4.79. The van der Waals surface area contributed by atoms with E-state index in [1.54, 1.807) is 0 Å². The summed E-state index contributed by atoms with van der Waals surface area (Å²) in [5.74, 6) is -17.1. The molecule has 11 atom stereocenters. The van der Waals surface area contributed by atoms with E-state index in [0.29, 0.717) is 31.4 Å². The lowest BCUT2D eigenvalue weighted by molar-refractivity contribution is -0.157. The molecular formula is C94H119N15O32. The van der Waals surface area contributed by atoms with Gasteiger partial charge in [0, 0.05) is 119 Å². The summed E-state index contributed by atoms with van der Waals surface area (Å²) in [7, 11) is 0. The number of aliphatic carboxylic acids is 10. The maximum absolute atomic E-state index is 13.9. The summed E-state index contributed by atoms with van der Waals surface area (Å²) >= 11 is 0. The zero-order chi connectivity index (χ0) is 104. The number of amides is 10. The number of ether oxygens (including phenoxy) is 1. The highest BCUT2D eigenvalue weighted by Crippen LogP contribution is 2.31. The summed E-state index contributed by atoms with van der Waals surface area (Å²) in [6.07, 6.45) is -2.43. The summed E-state index contributed by atoms with van der Waals surface area (Å²) in [5.41, 5.74) is 10.1. The number of fused-ring (bicyclic) bond motifs is 2. The number of nitrogens with one attached hydrogen (secondary N) is 11. The summed E-state index contributed by atoms with van der Waals surface area (Å²) in [4.78, 5) is 268. The number of Topliss-reactive ketones (excluding diaryl/α,β-unsaturated/α-hetero) is 2. The van der Waals surface area contributed by atoms with E-state index in [1.165, 1.54) is 36.7 Å². The lowest BCUT2D eigenvalue weighted by atomic mass is 9.81. The number of rotatable bonds is 63. The van der Waals surface area contributed by atoms with Crippen molar-refractivity contribution in [2.24, 2.45) is 41.2 Å². The Bertz CT molecular complexity index is 5370. The van der Waals surface area contributed by atoms with E-state index in [-0.39, 0.29) is 138 Å². The monoisotopic (exact) mass is 1970 g/mol. The molecule has 141 heavy (non-hydrogen) atoms. The van der Waals surface area contributed by atoms with Crippen LogP contribution in [-0.2, 0) is 106 Å². The second kappa shape index (κ2) is 59.4. The highest BCUT2D eigenvalue weighted by molar-refractivity contribution is 6.01. The number of ketones is 2. The van der Waals surface area contributed by atoms with Gasteiger partial charge in [0.2, 0.25) is 29.5 Å². The maximum Gasteiger partial charge on any atom is 0.345 e. The predicted octanol–water partition coefficient (Wildman–Crippen LogP) is 3.79. The fraction of sp³-hybridized carbons (Fsp3) is 0.457. The molecule has 0 aliphatic heterocycles. The number of carboxylic acid groups (broad SMARTS) is 10. The van der Waals surface area contributed by atoms with Crippen molar-refractivity contribution in [3.8, 4) is 0 Å². The molecule has 1 aliphatic carbocycles. The normalized spacial score (nSPS) is 14.9. The number of carbonyl (C=O) groups excluding carboxylic acids is 11. The SMILES string of the molecule is NCc1ccc(C(=O)CC(CCC(=O)O)C(=O)NC(CCC(Cc2ccc3ccccc3c2)C(=O)NCCCCC(NC(=O)NC(CCC(=O)O)C(=O)O)C(=O)O)CC(OC=O)C(=O)O)cn1.NNc1ccc(C(=O)NC(CCC(=O)O)C(=O)CC(CC(=O)O)C(=O)NCC2CCC(C(=O)NC(Cc3ccc4ccccc4c3)C(=O)NCCCCC(NC(=O)NC(CCC(=O)O)C(=O)O)C(=O)O)CC2)cn1. The number of unbranched alkanes of at least 4 members (excludes halogenated alkanes) is 2. The molecule has 1 saturated carbocycles. The van der Waals surface area contributed by atoms with E-state index in [2.05, 4.69) is 68.6 Å². The second-order valence-electron chi connectivity index (χ2n) is 33.8. The van der Waals surface area contributed by atoms with E-state index < -0.39 is 249 Å². The van der Waals surface area contributed by atoms with Crippen LogP contribution >= 0.6 is 0 Å². The number of carbonyl (C=O) groups is 21. The number of hydrogen-bond acceptors (Lipinski definition) is 27. The number of anilines is 1. The molecule has 0 bridgehead atoms. The summed E-state index contributed by atoms with van der Waals surface area (Å²) in [6, 6.07) is 20.4. The van der Waals surface area contributed by atoms with Crippen LogP contribution in [0.4, 0.5) is 15.4 Å². The van der Waals surface area contributed by atoms with Gasteiger partial charge in [0.15, 0.2) is 17.7 Å². The molecule has 2 aromatic heterocycles. The molecule has 47 heteroatoms. The van der Waals surface area contributed by atoms with E-state index in [9.17, 15) is 142 Å². The van der Waals surface area contributed by atoms with E-state index in [4.69, 9.17) is 26.5 Å². The minimum Gasteiger partial charge on any atom is -0.481 e. The van der Waals surface area contributed by atoms with E-state index in [0.717, 1.165) is 32.7 Å². The number of aromatic nitrogens is 2. The highest BCUT2D eigenvalue weighted by atomic mass is 16.5. The molecule has 47 nitrogen and oxygen atoms in total. The van der Waals surface area contributed by atoms with Crippen LogP contribution in [-0.4, -0.2) is 254 Å². The summed E-state index contributed by atoms with van der Waals surface area (Å²) in [6.45, 7) is 0.265. The average Bonchev–Trinajstić information content (AvgIpc) is 0.836. The molecule has 1 aliphatic rings. The number of nitrogens with two attached hydrogens (primary N) is 2. The van der Waals surface area contributed by atoms with Gasteiger partial charge in [-0.1, -0.05) is 84.9 Å². The van der Waals surface area contributed by atoms with Gasteiger partial charge in [-0.15, -0.1) is 0 Å². The Labute approximate surface area is 806 Å². The van der Waals surface area contributed by atoms with Crippen molar-refractivity contribution in [2.75, 3.05) is 25.1 Å². The van der Waals surface area contributed by atoms with E-state index in [1.807, 2.05) is 84.9 Å². The zero-order valence-corrected chi connectivity index (χ0v) is 76.8. The Morgan fingerprint density at radius 1 is 0.411 bits per heavy atom. The molecule has 0 saturated heterocycles. The van der Waals surface area contributed by atoms with Crippen LogP contribution in [0.5, 0.6) is 0 Å². The smallest absolute Gasteiger partial charge is 0.345 e. The lowest BCUT2D eigenvalue weighted by Crippen LogP contribution is -2.51. The van der Waals surface area contributed by atoms with Gasteiger partial charge >= 0.3 is 71.8 Å². The average molecular weight is 1970 g/mol. The Kier molecular flexibility index (Phi) is 48.1. The second-order valence-corrected chi connectivity index (χ2v) is 33.8. The van der Waals surface area contributed by atoms with Gasteiger partial charge in [-0.05, 0) is 172 Å². The van der Waals surface area contributed by atoms with Gasteiger partial charge in [0.1, 0.15) is 36.0 Å². The fourth-order valence-electron chi connectivity index (χ4n) is 15.5. The maximum atomic E-state index is 13.9. The first-order chi connectivity index (χ1) is 67.1. The third kappa shape index (κ3) is 41.6. The van der Waals surface area contributed by atoms with Gasteiger partial charge in [0.25, 0.3) is 12.4 Å². The first-order valence-corrected chi connectivity index (χ1v) is 45.4. The molecule has 0 radical (unpaired) electrons. The number of benzene rings is 4. The highest BCUT2D eigenvalue weighted by Gasteiger charge is 2.37. The third-order valence-electron chi connectivity index (χ3n) is 23.3. The molecule has 1 fully saturated rings.